The Balaban J connectivity index is 1.81. The Morgan fingerprint density at radius 1 is 1.25 bits per heavy atom. The van der Waals surface area contributed by atoms with E-state index in [9.17, 15) is 4.79 Å². The highest BCUT2D eigenvalue weighted by Crippen LogP contribution is 2.39. The number of anilines is 1. The molecular weight excluding hydrogens is 344 g/mol. The summed E-state index contributed by atoms with van der Waals surface area (Å²) in [6.07, 6.45) is 3.53. The Morgan fingerprint density at radius 2 is 2.08 bits per heavy atom. The molecule has 5 nitrogen and oxygen atoms in total. The molecule has 0 unspecified atom stereocenters. The minimum Gasteiger partial charge on any atom is -0.302 e. The van der Waals surface area contributed by atoms with Crippen molar-refractivity contribution in [3.05, 3.63) is 46.7 Å². The van der Waals surface area contributed by atoms with Gasteiger partial charge in [-0.1, -0.05) is 35.1 Å². The first-order chi connectivity index (χ1) is 11.6. The molecule has 3 aromatic rings. The summed E-state index contributed by atoms with van der Waals surface area (Å²) in [6.45, 7) is 1.48. The minimum absolute atomic E-state index is 0.124. The van der Waals surface area contributed by atoms with E-state index in [1.54, 1.807) is 0 Å². The first kappa shape index (κ1) is 15.2. The highest BCUT2D eigenvalue weighted by atomic mass is 35.5. The number of hydrogen-bond acceptors (Lipinski definition) is 5. The van der Waals surface area contributed by atoms with E-state index >= 15 is 0 Å². The fourth-order valence-electron chi connectivity index (χ4n) is 2.72. The van der Waals surface area contributed by atoms with Gasteiger partial charge in [0.2, 0.25) is 5.91 Å². The first-order valence-electron chi connectivity index (χ1n) is 7.50. The first-order valence-corrected chi connectivity index (χ1v) is 8.70. The van der Waals surface area contributed by atoms with E-state index in [2.05, 4.69) is 15.3 Å². The molecule has 1 aromatic carbocycles. The summed E-state index contributed by atoms with van der Waals surface area (Å²) in [6, 6.07) is 7.53. The van der Waals surface area contributed by atoms with Gasteiger partial charge in [-0.3, -0.25) is 4.79 Å². The van der Waals surface area contributed by atoms with Gasteiger partial charge in [-0.2, -0.15) is 0 Å². The van der Waals surface area contributed by atoms with E-state index in [4.69, 9.17) is 16.6 Å². The number of fused-ring (bicyclic) bond motifs is 3. The molecule has 1 aliphatic rings. The fraction of sp³-hybridized carbons (Fsp3) is 0.176. The maximum absolute atomic E-state index is 11.3. The summed E-state index contributed by atoms with van der Waals surface area (Å²) in [7, 11) is 0. The second-order valence-electron chi connectivity index (χ2n) is 5.52. The number of amides is 1. The third-order valence-corrected chi connectivity index (χ3v) is 5.16. The van der Waals surface area contributed by atoms with Crippen molar-refractivity contribution in [3.8, 4) is 22.0 Å². The topological polar surface area (TPSA) is 67.8 Å². The van der Waals surface area contributed by atoms with Crippen molar-refractivity contribution in [2.45, 2.75) is 19.8 Å². The Labute approximate surface area is 147 Å². The Morgan fingerprint density at radius 3 is 2.88 bits per heavy atom. The number of benzene rings is 1. The third kappa shape index (κ3) is 2.68. The highest BCUT2D eigenvalue weighted by molar-refractivity contribution is 7.19. The second kappa shape index (κ2) is 5.96. The molecular formula is C17H13ClN4OS. The number of nitrogens with zero attached hydrogens (tertiary/aromatic N) is 3. The Hall–Kier alpha value is -2.31. The zero-order chi connectivity index (χ0) is 16.7. The van der Waals surface area contributed by atoms with Crippen LogP contribution in [0.1, 0.15) is 18.2 Å². The molecule has 24 heavy (non-hydrogen) atoms. The number of carbonyl (C=O) groups excluding carboxylic acids is 1. The van der Waals surface area contributed by atoms with Crippen LogP contribution in [0.2, 0.25) is 5.02 Å². The Kier molecular flexibility index (Phi) is 3.78. The molecule has 2 aromatic heterocycles. The highest BCUT2D eigenvalue weighted by Gasteiger charge is 2.24. The minimum atomic E-state index is -0.124. The molecule has 1 N–H and O–H groups in total. The van der Waals surface area contributed by atoms with Crippen LogP contribution in [0.15, 0.2) is 30.5 Å². The summed E-state index contributed by atoms with van der Waals surface area (Å²) in [5, 5.41) is 3.98. The molecule has 120 valence electrons. The Bertz CT molecular complexity index is 954. The summed E-state index contributed by atoms with van der Waals surface area (Å²) < 4.78 is 0. The van der Waals surface area contributed by atoms with Gasteiger partial charge in [0.05, 0.1) is 21.3 Å². The molecule has 0 radical (unpaired) electrons. The lowest BCUT2D eigenvalue weighted by molar-refractivity contribution is -0.114. The van der Waals surface area contributed by atoms with Crippen LogP contribution in [0.25, 0.3) is 22.0 Å². The molecule has 0 atom stereocenters. The maximum Gasteiger partial charge on any atom is 0.223 e. The fourth-order valence-corrected chi connectivity index (χ4v) is 4.03. The molecule has 0 fully saturated rings. The van der Waals surface area contributed by atoms with Crippen LogP contribution in [-0.2, 0) is 17.6 Å². The van der Waals surface area contributed by atoms with Gasteiger partial charge in [-0.05, 0) is 30.5 Å². The van der Waals surface area contributed by atoms with Crippen LogP contribution in [0, 0.1) is 0 Å². The molecule has 0 bridgehead atoms. The van der Waals surface area contributed by atoms with E-state index in [1.807, 2.05) is 30.5 Å². The average Bonchev–Trinajstić information content (AvgIpc) is 2.97. The van der Waals surface area contributed by atoms with E-state index in [0.29, 0.717) is 16.0 Å². The SMILES string of the molecule is CC(=O)Nc1nc2c(s1)-c1nc(-c3ccccc3Cl)ncc1CC2. The van der Waals surface area contributed by atoms with Crippen LogP contribution in [0.5, 0.6) is 0 Å². The van der Waals surface area contributed by atoms with Gasteiger partial charge in [0, 0.05) is 18.7 Å². The molecule has 0 spiro atoms. The van der Waals surface area contributed by atoms with Gasteiger partial charge in [0.1, 0.15) is 0 Å². The summed E-state index contributed by atoms with van der Waals surface area (Å²) >= 11 is 7.71. The number of hydrogen-bond donors (Lipinski definition) is 1. The molecule has 7 heteroatoms. The summed E-state index contributed by atoms with van der Waals surface area (Å²) in [4.78, 5) is 26.0. The lowest BCUT2D eigenvalue weighted by Gasteiger charge is -2.14. The predicted octanol–water partition coefficient (Wildman–Crippen LogP) is 3.98. The van der Waals surface area contributed by atoms with Crippen molar-refractivity contribution >= 4 is 34.0 Å². The molecule has 1 amide bonds. The maximum atomic E-state index is 11.3. The standard InChI is InChI=1S/C17H13ClN4OS/c1-9(23)20-17-21-13-7-6-10-8-19-16(22-14(10)15(13)24-17)11-4-2-3-5-12(11)18/h2-5,8H,6-7H2,1H3,(H,20,21,23). The molecule has 4 rings (SSSR count). The quantitative estimate of drug-likeness (QED) is 0.754. The largest absolute Gasteiger partial charge is 0.302 e. The molecule has 1 aliphatic carbocycles. The lowest BCUT2D eigenvalue weighted by Crippen LogP contribution is -2.07. The van der Waals surface area contributed by atoms with E-state index in [1.165, 1.54) is 18.3 Å². The van der Waals surface area contributed by atoms with Crippen molar-refractivity contribution in [2.75, 3.05) is 5.32 Å². The number of carbonyl (C=O) groups is 1. The van der Waals surface area contributed by atoms with Crippen LogP contribution < -0.4 is 5.32 Å². The van der Waals surface area contributed by atoms with Crippen molar-refractivity contribution in [1.29, 1.82) is 0 Å². The van der Waals surface area contributed by atoms with Gasteiger partial charge >= 0.3 is 0 Å². The van der Waals surface area contributed by atoms with E-state index in [0.717, 1.165) is 40.2 Å². The second-order valence-corrected chi connectivity index (χ2v) is 6.93. The third-order valence-electron chi connectivity index (χ3n) is 3.81. The molecule has 2 heterocycles. The molecule has 0 saturated heterocycles. The number of aryl methyl sites for hydroxylation is 2. The zero-order valence-corrected chi connectivity index (χ0v) is 14.4. The van der Waals surface area contributed by atoms with E-state index < -0.39 is 0 Å². The number of nitrogens with one attached hydrogen (secondary N) is 1. The number of aromatic nitrogens is 3. The normalized spacial score (nSPS) is 12.4. The van der Waals surface area contributed by atoms with Crippen LogP contribution in [0.4, 0.5) is 5.13 Å². The molecule has 0 aliphatic heterocycles. The van der Waals surface area contributed by atoms with Crippen molar-refractivity contribution in [3.63, 3.8) is 0 Å². The smallest absolute Gasteiger partial charge is 0.223 e. The number of thiazole rings is 1. The van der Waals surface area contributed by atoms with Gasteiger partial charge < -0.3 is 5.32 Å². The monoisotopic (exact) mass is 356 g/mol. The van der Waals surface area contributed by atoms with Gasteiger partial charge in [0.15, 0.2) is 11.0 Å². The van der Waals surface area contributed by atoms with E-state index in [-0.39, 0.29) is 5.91 Å². The summed E-state index contributed by atoms with van der Waals surface area (Å²) in [5.41, 5.74) is 3.76. The van der Waals surface area contributed by atoms with Crippen LogP contribution in [-0.4, -0.2) is 20.9 Å². The lowest BCUT2D eigenvalue weighted by atomic mass is 9.99. The van der Waals surface area contributed by atoms with Crippen molar-refractivity contribution in [2.24, 2.45) is 0 Å². The number of rotatable bonds is 2. The van der Waals surface area contributed by atoms with Crippen LogP contribution >= 0.6 is 22.9 Å². The van der Waals surface area contributed by atoms with Gasteiger partial charge in [0.25, 0.3) is 0 Å². The zero-order valence-electron chi connectivity index (χ0n) is 12.8. The summed E-state index contributed by atoms with van der Waals surface area (Å²) in [5.74, 6) is 0.474. The molecule has 0 saturated carbocycles. The van der Waals surface area contributed by atoms with Gasteiger partial charge in [-0.15, -0.1) is 0 Å². The average molecular weight is 357 g/mol. The van der Waals surface area contributed by atoms with Crippen molar-refractivity contribution in [1.82, 2.24) is 15.0 Å². The van der Waals surface area contributed by atoms with Crippen molar-refractivity contribution < 1.29 is 4.79 Å². The van der Waals surface area contributed by atoms with Crippen LogP contribution in [0.3, 0.4) is 0 Å². The number of halogens is 1. The van der Waals surface area contributed by atoms with Gasteiger partial charge in [-0.25, -0.2) is 15.0 Å². The predicted molar refractivity (Wildman–Crippen MR) is 95.3 cm³/mol.